The zero-order valence-corrected chi connectivity index (χ0v) is 19.1. The summed E-state index contributed by atoms with van der Waals surface area (Å²) in [6.45, 7) is 4.15. The second kappa shape index (κ2) is 7.46. The third kappa shape index (κ3) is 3.79. The first-order chi connectivity index (χ1) is 14.6. The van der Waals surface area contributed by atoms with Crippen molar-refractivity contribution in [2.24, 2.45) is 11.4 Å². The van der Waals surface area contributed by atoms with E-state index >= 15 is 0 Å². The van der Waals surface area contributed by atoms with Crippen LogP contribution < -0.4 is 5.73 Å². The van der Waals surface area contributed by atoms with Gasteiger partial charge in [0.2, 0.25) is 0 Å². The first kappa shape index (κ1) is 21.0. The largest absolute Gasteiger partial charge is 0.398 e. The fraction of sp³-hybridized carbons (Fsp3) is 0.261. The van der Waals surface area contributed by atoms with Gasteiger partial charge in [-0.25, -0.2) is 9.19 Å². The summed E-state index contributed by atoms with van der Waals surface area (Å²) in [6, 6.07) is 9.89. The van der Waals surface area contributed by atoms with E-state index in [1.54, 1.807) is 18.6 Å². The topological polar surface area (TPSA) is 110 Å². The lowest BCUT2D eigenvalue weighted by atomic mass is 9.91. The lowest BCUT2D eigenvalue weighted by Crippen LogP contribution is -2.02. The number of hydrogen-bond donors (Lipinski definition) is 2. The minimum absolute atomic E-state index is 0. The van der Waals surface area contributed by atoms with Crippen molar-refractivity contribution in [1.29, 1.82) is 5.41 Å². The molecule has 8 heteroatoms. The van der Waals surface area contributed by atoms with Crippen LogP contribution >= 0.6 is 0 Å². The summed E-state index contributed by atoms with van der Waals surface area (Å²) in [4.78, 5) is 4.86. The number of benzene rings is 2. The van der Waals surface area contributed by atoms with Crippen molar-refractivity contribution >= 4 is 49.1 Å². The van der Waals surface area contributed by atoms with E-state index in [0.717, 1.165) is 38.5 Å². The van der Waals surface area contributed by atoms with E-state index in [9.17, 15) is 4.21 Å². The third-order valence-electron chi connectivity index (χ3n) is 5.26. The molecule has 0 spiro atoms. The molecular weight excluding hydrogens is 408 g/mol. The van der Waals surface area contributed by atoms with Gasteiger partial charge >= 0.3 is 0 Å². The van der Waals surface area contributed by atoms with E-state index in [4.69, 9.17) is 16.1 Å². The number of hydrogen-bond acceptors (Lipinski definition) is 6. The molecule has 4 rings (SSSR count). The molecule has 4 aromatic rings. The molecule has 0 amide bonds. The number of pyridine rings is 1. The molecule has 7 nitrogen and oxygen atoms in total. The molecule has 3 N–H and O–H groups in total. The summed E-state index contributed by atoms with van der Waals surface area (Å²) in [5.41, 5.74) is 11.1. The van der Waals surface area contributed by atoms with Gasteiger partial charge in [-0.15, -0.1) is 0 Å². The first-order valence-electron chi connectivity index (χ1n) is 9.96. The number of fused-ring (bicyclic) bond motifs is 2. The highest BCUT2D eigenvalue weighted by molar-refractivity contribution is 7.92. The van der Waals surface area contributed by atoms with Crippen LogP contribution in [0, 0.1) is 5.41 Å². The molecule has 2 heterocycles. The van der Waals surface area contributed by atoms with Gasteiger partial charge in [-0.3, -0.25) is 4.68 Å². The van der Waals surface area contributed by atoms with Crippen molar-refractivity contribution in [3.8, 4) is 11.1 Å². The van der Waals surface area contributed by atoms with Crippen molar-refractivity contribution in [3.05, 3.63) is 47.8 Å². The van der Waals surface area contributed by atoms with Crippen molar-refractivity contribution < 1.29 is 5.64 Å². The van der Waals surface area contributed by atoms with Crippen LogP contribution in [0.5, 0.6) is 0 Å². The van der Waals surface area contributed by atoms with Gasteiger partial charge in [-0.2, -0.15) is 9.46 Å². The van der Waals surface area contributed by atoms with Crippen LogP contribution in [0.4, 0.5) is 11.5 Å². The average Bonchev–Trinajstić information content (AvgIpc) is 3.06. The molecule has 0 aliphatic carbocycles. The molecule has 31 heavy (non-hydrogen) atoms. The molecule has 2 aromatic heterocycles. The number of anilines is 1. The van der Waals surface area contributed by atoms with E-state index < -0.39 is 9.73 Å². The van der Waals surface area contributed by atoms with Gasteiger partial charge in [0.05, 0.1) is 17.4 Å². The highest BCUT2D eigenvalue weighted by Gasteiger charge is 2.20. The van der Waals surface area contributed by atoms with Crippen LogP contribution in [-0.4, -0.2) is 37.7 Å². The monoisotopic (exact) mass is 436 g/mol. The minimum Gasteiger partial charge on any atom is -0.398 e. The van der Waals surface area contributed by atoms with Crippen LogP contribution in [0.25, 0.3) is 32.8 Å². The van der Waals surface area contributed by atoms with E-state index in [1.807, 2.05) is 30.1 Å². The van der Waals surface area contributed by atoms with Gasteiger partial charge in [-0.05, 0) is 41.1 Å². The van der Waals surface area contributed by atoms with E-state index in [2.05, 4.69) is 35.4 Å². The zero-order chi connectivity index (χ0) is 22.5. The maximum atomic E-state index is 12.5. The fourth-order valence-electron chi connectivity index (χ4n) is 3.84. The molecule has 0 fully saturated rings. The molecule has 0 saturated carbocycles. The average molecular weight is 437 g/mol. The fourth-order valence-corrected chi connectivity index (χ4v) is 4.39. The summed E-state index contributed by atoms with van der Waals surface area (Å²) in [5.74, 6) is 0.520. The van der Waals surface area contributed by atoms with Crippen molar-refractivity contribution in [1.82, 2.24) is 14.8 Å². The molecule has 0 unspecified atom stereocenters. The Morgan fingerprint density at radius 1 is 1.23 bits per heavy atom. The Kier molecular flexibility index (Phi) is 5.05. The molecular formula is C23H28N6OS. The SMILES string of the molecule is CC(C)c1nc(N=S(C)(C)=O)c2cc(N)c(C=N)cc2c1-c1ccc2c(cnn2C)c1.[HH]. The number of aromatic nitrogens is 3. The number of nitrogens with two attached hydrogens (primary N) is 1. The maximum absolute atomic E-state index is 12.5. The Hall–Kier alpha value is -3.26. The highest BCUT2D eigenvalue weighted by atomic mass is 32.2. The molecule has 0 bridgehead atoms. The van der Waals surface area contributed by atoms with Gasteiger partial charge in [0.25, 0.3) is 0 Å². The summed E-state index contributed by atoms with van der Waals surface area (Å²) in [6.07, 6.45) is 6.28. The van der Waals surface area contributed by atoms with Crippen LogP contribution in [-0.2, 0) is 16.8 Å². The van der Waals surface area contributed by atoms with E-state index in [0.29, 0.717) is 17.1 Å². The summed E-state index contributed by atoms with van der Waals surface area (Å²) in [5, 5.41) is 14.8. The Bertz CT molecular complexity index is 1470. The number of aryl methyl sites for hydroxylation is 1. The normalized spacial score (nSPS) is 12.1. The minimum atomic E-state index is -2.43. The second-order valence-electron chi connectivity index (χ2n) is 8.34. The molecule has 0 saturated heterocycles. The first-order valence-corrected chi connectivity index (χ1v) is 12.3. The molecule has 0 atom stereocenters. The predicted octanol–water partition coefficient (Wildman–Crippen LogP) is 5.10. The molecule has 162 valence electrons. The Morgan fingerprint density at radius 3 is 2.61 bits per heavy atom. The van der Waals surface area contributed by atoms with Crippen LogP contribution in [0.1, 0.15) is 32.4 Å². The summed E-state index contributed by atoms with van der Waals surface area (Å²) < 4.78 is 18.8. The van der Waals surface area contributed by atoms with E-state index in [1.165, 1.54) is 6.21 Å². The standard InChI is InChI=1S/C23H26N6OS.H2/c1-13(2)22-21(14-6-7-20-16(8-14)12-26-29(20)3)17-9-15(11-24)19(25)10-18(17)23(27-22)28-31(4,5)30;/h6-13,24H,25H2,1-5H3;1H. The Balaban J connectivity index is 0.00000289. The van der Waals surface area contributed by atoms with Crippen molar-refractivity contribution in [3.63, 3.8) is 0 Å². The molecule has 2 aromatic carbocycles. The number of rotatable bonds is 4. The zero-order valence-electron chi connectivity index (χ0n) is 18.3. The lowest BCUT2D eigenvalue weighted by Gasteiger charge is -2.18. The Labute approximate surface area is 183 Å². The number of nitrogen functional groups attached to an aromatic ring is 1. The van der Waals surface area contributed by atoms with Crippen molar-refractivity contribution in [2.45, 2.75) is 19.8 Å². The lowest BCUT2D eigenvalue weighted by molar-refractivity contribution is 0.684. The van der Waals surface area contributed by atoms with Gasteiger partial charge < -0.3 is 11.1 Å². The summed E-state index contributed by atoms with van der Waals surface area (Å²) >= 11 is 0. The molecule has 0 aliphatic heterocycles. The van der Waals surface area contributed by atoms with Crippen LogP contribution in [0.15, 0.2) is 40.9 Å². The van der Waals surface area contributed by atoms with Crippen LogP contribution in [0.3, 0.4) is 0 Å². The maximum Gasteiger partial charge on any atom is 0.169 e. The number of nitrogens with zero attached hydrogens (tertiary/aromatic N) is 4. The van der Waals surface area contributed by atoms with Crippen molar-refractivity contribution in [2.75, 3.05) is 18.2 Å². The Morgan fingerprint density at radius 2 is 1.97 bits per heavy atom. The molecule has 0 radical (unpaired) electrons. The smallest absolute Gasteiger partial charge is 0.169 e. The van der Waals surface area contributed by atoms with E-state index in [-0.39, 0.29) is 7.34 Å². The quantitative estimate of drug-likeness (QED) is 0.342. The predicted molar refractivity (Wildman–Crippen MR) is 132 cm³/mol. The summed E-state index contributed by atoms with van der Waals surface area (Å²) in [7, 11) is -0.510. The highest BCUT2D eigenvalue weighted by Crippen LogP contribution is 2.41. The van der Waals surface area contributed by atoms with Gasteiger partial charge in [0.1, 0.15) is 0 Å². The number of nitrogens with one attached hydrogen (secondary N) is 1. The van der Waals surface area contributed by atoms with Crippen LogP contribution in [0.2, 0.25) is 0 Å². The molecule has 0 aliphatic rings. The van der Waals surface area contributed by atoms with Gasteiger partial charge in [0, 0.05) is 64.5 Å². The van der Waals surface area contributed by atoms with Gasteiger partial charge in [-0.1, -0.05) is 19.9 Å². The third-order valence-corrected chi connectivity index (χ3v) is 5.87. The second-order valence-corrected chi connectivity index (χ2v) is 10.9. The van der Waals surface area contributed by atoms with Gasteiger partial charge in [0.15, 0.2) is 5.82 Å².